The topological polar surface area (TPSA) is 91.2 Å². The van der Waals surface area contributed by atoms with Crippen LogP contribution >= 0.6 is 0 Å². The van der Waals surface area contributed by atoms with E-state index in [2.05, 4.69) is 10.6 Å². The number of carbonyl (C=O) groups is 2. The number of ether oxygens (including phenoxy) is 1. The van der Waals surface area contributed by atoms with Gasteiger partial charge in [-0.1, -0.05) is 17.7 Å². The van der Waals surface area contributed by atoms with Gasteiger partial charge in [-0.2, -0.15) is 5.26 Å². The van der Waals surface area contributed by atoms with E-state index >= 15 is 0 Å². The highest BCUT2D eigenvalue weighted by Gasteiger charge is 2.10. The molecule has 2 aromatic carbocycles. The summed E-state index contributed by atoms with van der Waals surface area (Å²) in [6.07, 6.45) is 0. The van der Waals surface area contributed by atoms with Gasteiger partial charge in [-0.25, -0.2) is 0 Å². The predicted molar refractivity (Wildman–Crippen MR) is 98.9 cm³/mol. The lowest BCUT2D eigenvalue weighted by molar-refractivity contribution is -0.125. The minimum Gasteiger partial charge on any atom is -0.484 e. The first-order valence-corrected chi connectivity index (χ1v) is 8.16. The van der Waals surface area contributed by atoms with E-state index in [0.717, 1.165) is 22.4 Å². The zero-order valence-electron chi connectivity index (χ0n) is 15.1. The van der Waals surface area contributed by atoms with Crippen molar-refractivity contribution >= 4 is 17.5 Å². The van der Waals surface area contributed by atoms with Crippen LogP contribution in [0.2, 0.25) is 0 Å². The van der Waals surface area contributed by atoms with Crippen LogP contribution in [0.15, 0.2) is 36.4 Å². The third-order valence-corrected chi connectivity index (χ3v) is 3.74. The lowest BCUT2D eigenvalue weighted by atomic mass is 10.1. The maximum absolute atomic E-state index is 12.1. The minimum atomic E-state index is -0.401. The van der Waals surface area contributed by atoms with Crippen LogP contribution < -0.4 is 15.4 Å². The first kappa shape index (κ1) is 19.0. The Morgan fingerprint density at radius 2 is 1.65 bits per heavy atom. The van der Waals surface area contributed by atoms with Gasteiger partial charge >= 0.3 is 0 Å². The van der Waals surface area contributed by atoms with Gasteiger partial charge in [-0.3, -0.25) is 9.59 Å². The quantitative estimate of drug-likeness (QED) is 0.837. The average Bonchev–Trinajstić information content (AvgIpc) is 2.61. The number of benzene rings is 2. The van der Waals surface area contributed by atoms with Crippen LogP contribution in [-0.4, -0.2) is 25.0 Å². The lowest BCUT2D eigenvalue weighted by Gasteiger charge is -2.13. The van der Waals surface area contributed by atoms with Crippen molar-refractivity contribution in [3.05, 3.63) is 58.7 Å². The van der Waals surface area contributed by atoms with Crippen LogP contribution in [0.5, 0.6) is 5.75 Å². The molecule has 0 atom stereocenters. The SMILES string of the molecule is Cc1cc(C)c(NC(=O)CNC(=O)COc2ccc(C#N)cc2)c(C)c1. The Morgan fingerprint density at radius 3 is 2.23 bits per heavy atom. The molecule has 0 spiro atoms. The summed E-state index contributed by atoms with van der Waals surface area (Å²) in [5, 5.41) is 14.1. The van der Waals surface area contributed by atoms with Crippen molar-refractivity contribution in [2.75, 3.05) is 18.5 Å². The fourth-order valence-corrected chi connectivity index (χ4v) is 2.57. The first-order valence-electron chi connectivity index (χ1n) is 8.16. The van der Waals surface area contributed by atoms with E-state index in [0.29, 0.717) is 11.3 Å². The lowest BCUT2D eigenvalue weighted by Crippen LogP contribution is -2.36. The molecule has 0 saturated carbocycles. The molecule has 0 aromatic heterocycles. The highest BCUT2D eigenvalue weighted by molar-refractivity contribution is 5.95. The van der Waals surface area contributed by atoms with Gasteiger partial charge in [0, 0.05) is 5.69 Å². The third-order valence-electron chi connectivity index (χ3n) is 3.74. The molecule has 0 radical (unpaired) electrons. The summed E-state index contributed by atoms with van der Waals surface area (Å²) in [6.45, 7) is 5.52. The molecule has 0 aliphatic heterocycles. The number of carbonyl (C=O) groups excluding carboxylic acids is 2. The summed E-state index contributed by atoms with van der Waals surface area (Å²) in [5.41, 5.74) is 4.37. The van der Waals surface area contributed by atoms with Crippen molar-refractivity contribution in [1.82, 2.24) is 5.32 Å². The molecule has 0 aliphatic rings. The molecule has 0 unspecified atom stereocenters. The number of rotatable bonds is 6. The zero-order valence-corrected chi connectivity index (χ0v) is 15.1. The molecule has 6 heteroatoms. The summed E-state index contributed by atoms with van der Waals surface area (Å²) >= 11 is 0. The number of hydrogen-bond donors (Lipinski definition) is 2. The highest BCUT2D eigenvalue weighted by atomic mass is 16.5. The molecular weight excluding hydrogens is 330 g/mol. The van der Waals surface area contributed by atoms with Crippen molar-refractivity contribution in [3.63, 3.8) is 0 Å². The largest absolute Gasteiger partial charge is 0.484 e. The Bertz CT molecular complexity index is 829. The fourth-order valence-electron chi connectivity index (χ4n) is 2.57. The van der Waals surface area contributed by atoms with Crippen LogP contribution in [0.1, 0.15) is 22.3 Å². The molecule has 0 bridgehead atoms. The summed E-state index contributed by atoms with van der Waals surface area (Å²) in [4.78, 5) is 23.9. The van der Waals surface area contributed by atoms with Gasteiger partial charge in [0.1, 0.15) is 5.75 Å². The second kappa shape index (κ2) is 8.67. The molecule has 2 aromatic rings. The normalized spacial score (nSPS) is 9.92. The van der Waals surface area contributed by atoms with Crippen LogP contribution in [0.25, 0.3) is 0 Å². The Labute approximate surface area is 152 Å². The van der Waals surface area contributed by atoms with Gasteiger partial charge in [0.25, 0.3) is 5.91 Å². The van der Waals surface area contributed by atoms with Gasteiger partial charge in [-0.15, -0.1) is 0 Å². The van der Waals surface area contributed by atoms with Crippen molar-refractivity contribution in [1.29, 1.82) is 5.26 Å². The van der Waals surface area contributed by atoms with Crippen LogP contribution in [-0.2, 0) is 9.59 Å². The standard InChI is InChI=1S/C20H21N3O3/c1-13-8-14(2)20(15(3)9-13)23-18(24)11-22-19(25)12-26-17-6-4-16(10-21)5-7-17/h4-9H,11-12H2,1-3H3,(H,22,25)(H,23,24). The van der Waals surface area contributed by atoms with Gasteiger partial charge in [-0.05, 0) is 56.2 Å². The highest BCUT2D eigenvalue weighted by Crippen LogP contribution is 2.21. The van der Waals surface area contributed by atoms with Gasteiger partial charge in [0.15, 0.2) is 6.61 Å². The molecule has 26 heavy (non-hydrogen) atoms. The number of hydrogen-bond acceptors (Lipinski definition) is 4. The summed E-state index contributed by atoms with van der Waals surface area (Å²) in [5.74, 6) is -0.219. The number of nitrogens with zero attached hydrogens (tertiary/aromatic N) is 1. The Kier molecular flexibility index (Phi) is 6.34. The van der Waals surface area contributed by atoms with Crippen LogP contribution in [0, 0.1) is 32.1 Å². The average molecular weight is 351 g/mol. The molecule has 2 rings (SSSR count). The van der Waals surface area contributed by atoms with Crippen molar-refractivity contribution < 1.29 is 14.3 Å². The first-order chi connectivity index (χ1) is 12.4. The molecular formula is C20H21N3O3. The monoisotopic (exact) mass is 351 g/mol. The second-order valence-corrected chi connectivity index (χ2v) is 6.02. The van der Waals surface area contributed by atoms with Crippen molar-refractivity contribution in [2.24, 2.45) is 0 Å². The van der Waals surface area contributed by atoms with E-state index in [-0.39, 0.29) is 19.1 Å². The molecule has 2 amide bonds. The van der Waals surface area contributed by atoms with E-state index in [9.17, 15) is 9.59 Å². The number of aryl methyl sites for hydroxylation is 3. The Balaban J connectivity index is 1.80. The summed E-state index contributed by atoms with van der Waals surface area (Å²) in [6, 6.07) is 12.4. The van der Waals surface area contributed by atoms with Gasteiger partial charge < -0.3 is 15.4 Å². The fraction of sp³-hybridized carbons (Fsp3) is 0.250. The van der Waals surface area contributed by atoms with E-state index in [4.69, 9.17) is 10.00 Å². The minimum absolute atomic E-state index is 0.137. The smallest absolute Gasteiger partial charge is 0.258 e. The number of nitriles is 1. The third kappa shape index (κ3) is 5.35. The van der Waals surface area contributed by atoms with Gasteiger partial charge in [0.2, 0.25) is 5.91 Å². The molecule has 0 saturated heterocycles. The molecule has 2 N–H and O–H groups in total. The molecule has 0 heterocycles. The number of nitrogens with one attached hydrogen (secondary N) is 2. The van der Waals surface area contributed by atoms with E-state index in [1.54, 1.807) is 24.3 Å². The molecule has 6 nitrogen and oxygen atoms in total. The maximum Gasteiger partial charge on any atom is 0.258 e. The van der Waals surface area contributed by atoms with E-state index in [1.807, 2.05) is 39.0 Å². The van der Waals surface area contributed by atoms with E-state index < -0.39 is 5.91 Å². The summed E-state index contributed by atoms with van der Waals surface area (Å²) in [7, 11) is 0. The van der Waals surface area contributed by atoms with Crippen LogP contribution in [0.3, 0.4) is 0 Å². The van der Waals surface area contributed by atoms with Gasteiger partial charge in [0.05, 0.1) is 18.2 Å². The zero-order chi connectivity index (χ0) is 19.1. The Hall–Kier alpha value is -3.33. The van der Waals surface area contributed by atoms with Crippen molar-refractivity contribution in [3.8, 4) is 11.8 Å². The number of anilines is 1. The van der Waals surface area contributed by atoms with E-state index in [1.165, 1.54) is 0 Å². The summed E-state index contributed by atoms with van der Waals surface area (Å²) < 4.78 is 5.32. The molecule has 0 aliphatic carbocycles. The predicted octanol–water partition coefficient (Wildman–Crippen LogP) is 2.62. The van der Waals surface area contributed by atoms with Crippen LogP contribution in [0.4, 0.5) is 5.69 Å². The molecule has 134 valence electrons. The number of amides is 2. The maximum atomic E-state index is 12.1. The van der Waals surface area contributed by atoms with Crippen molar-refractivity contribution in [2.45, 2.75) is 20.8 Å². The second-order valence-electron chi connectivity index (χ2n) is 6.02. The molecule has 0 fully saturated rings. The Morgan fingerprint density at radius 1 is 1.04 bits per heavy atom.